The molecule has 104 valence electrons. The molecule has 0 aliphatic carbocycles. The summed E-state index contributed by atoms with van der Waals surface area (Å²) in [6.07, 6.45) is 4.84. The van der Waals surface area contributed by atoms with Crippen molar-refractivity contribution in [3.8, 4) is 0 Å². The third-order valence-electron chi connectivity index (χ3n) is 2.69. The number of nitrogens with zero attached hydrogens (tertiary/aromatic N) is 3. The Morgan fingerprint density at radius 2 is 2.20 bits per heavy atom. The number of aromatic nitrogens is 3. The highest BCUT2D eigenvalue weighted by Gasteiger charge is 2.09. The summed E-state index contributed by atoms with van der Waals surface area (Å²) in [6, 6.07) is 5.09. The lowest BCUT2D eigenvalue weighted by molar-refractivity contribution is 0.0950. The summed E-state index contributed by atoms with van der Waals surface area (Å²) in [5.74, 6) is -0.190. The van der Waals surface area contributed by atoms with Gasteiger partial charge in [0.1, 0.15) is 11.5 Å². The van der Waals surface area contributed by atoms with Gasteiger partial charge in [0.15, 0.2) is 0 Å². The van der Waals surface area contributed by atoms with Crippen LogP contribution in [0, 0.1) is 0 Å². The van der Waals surface area contributed by atoms with Gasteiger partial charge in [0.2, 0.25) is 0 Å². The summed E-state index contributed by atoms with van der Waals surface area (Å²) in [4.78, 5) is 24.1. The van der Waals surface area contributed by atoms with E-state index in [-0.39, 0.29) is 5.91 Å². The lowest BCUT2D eigenvalue weighted by atomic mass is 10.1. The SMILES string of the molecule is CCCc1cc(C(=O)NCc2ccncn2)cc(Cl)n1. The van der Waals surface area contributed by atoms with Gasteiger partial charge in [-0.05, 0) is 24.6 Å². The van der Waals surface area contributed by atoms with Crippen molar-refractivity contribution < 1.29 is 4.79 Å². The smallest absolute Gasteiger partial charge is 0.251 e. The van der Waals surface area contributed by atoms with Crippen LogP contribution in [0.4, 0.5) is 0 Å². The van der Waals surface area contributed by atoms with Crippen molar-refractivity contribution in [2.24, 2.45) is 0 Å². The Labute approximate surface area is 122 Å². The van der Waals surface area contributed by atoms with Crippen molar-refractivity contribution in [3.63, 3.8) is 0 Å². The Bertz CT molecular complexity index is 589. The van der Waals surface area contributed by atoms with Gasteiger partial charge in [-0.15, -0.1) is 0 Å². The van der Waals surface area contributed by atoms with E-state index in [4.69, 9.17) is 11.6 Å². The maximum atomic E-state index is 12.1. The molecule has 2 aromatic rings. The molecule has 0 aliphatic rings. The third kappa shape index (κ3) is 3.99. The summed E-state index contributed by atoms with van der Waals surface area (Å²) >= 11 is 5.94. The molecule has 0 unspecified atom stereocenters. The van der Waals surface area contributed by atoms with Gasteiger partial charge in [0.05, 0.1) is 12.2 Å². The van der Waals surface area contributed by atoms with Gasteiger partial charge in [0.25, 0.3) is 5.91 Å². The van der Waals surface area contributed by atoms with Crippen LogP contribution in [0.2, 0.25) is 5.15 Å². The fraction of sp³-hybridized carbons (Fsp3) is 0.286. The fourth-order valence-corrected chi connectivity index (χ4v) is 1.99. The van der Waals surface area contributed by atoms with Gasteiger partial charge in [-0.1, -0.05) is 24.9 Å². The third-order valence-corrected chi connectivity index (χ3v) is 2.88. The Hall–Kier alpha value is -2.01. The first kappa shape index (κ1) is 14.4. The van der Waals surface area contributed by atoms with E-state index >= 15 is 0 Å². The molecule has 5 nitrogen and oxygen atoms in total. The predicted octanol–water partition coefficient (Wildman–Crippen LogP) is 2.41. The molecule has 0 spiro atoms. The second-order valence-electron chi connectivity index (χ2n) is 4.30. The largest absolute Gasteiger partial charge is 0.346 e. The molecule has 1 N–H and O–H groups in total. The van der Waals surface area contributed by atoms with Crippen molar-refractivity contribution in [1.29, 1.82) is 0 Å². The van der Waals surface area contributed by atoms with Crippen molar-refractivity contribution in [2.75, 3.05) is 0 Å². The van der Waals surface area contributed by atoms with Crippen LogP contribution in [0.25, 0.3) is 0 Å². The van der Waals surface area contributed by atoms with Crippen molar-refractivity contribution >= 4 is 17.5 Å². The molecule has 2 rings (SSSR count). The molecule has 0 fully saturated rings. The molecule has 20 heavy (non-hydrogen) atoms. The van der Waals surface area contributed by atoms with Gasteiger partial charge >= 0.3 is 0 Å². The van der Waals surface area contributed by atoms with E-state index in [1.807, 2.05) is 0 Å². The van der Waals surface area contributed by atoms with Gasteiger partial charge in [-0.3, -0.25) is 4.79 Å². The van der Waals surface area contributed by atoms with Gasteiger partial charge in [-0.25, -0.2) is 15.0 Å². The zero-order chi connectivity index (χ0) is 14.4. The maximum absolute atomic E-state index is 12.1. The molecular formula is C14H15ClN4O. The molecule has 0 atom stereocenters. The molecule has 0 aromatic carbocycles. The Balaban J connectivity index is 2.05. The Morgan fingerprint density at radius 3 is 2.90 bits per heavy atom. The maximum Gasteiger partial charge on any atom is 0.251 e. The van der Waals surface area contributed by atoms with Crippen LogP contribution in [-0.2, 0) is 13.0 Å². The lowest BCUT2D eigenvalue weighted by Crippen LogP contribution is -2.23. The lowest BCUT2D eigenvalue weighted by Gasteiger charge is -2.07. The van der Waals surface area contributed by atoms with Crippen molar-refractivity contribution in [1.82, 2.24) is 20.3 Å². The molecule has 0 saturated carbocycles. The number of hydrogen-bond donors (Lipinski definition) is 1. The number of rotatable bonds is 5. The average molecular weight is 291 g/mol. The highest BCUT2D eigenvalue weighted by atomic mass is 35.5. The van der Waals surface area contributed by atoms with Crippen LogP contribution in [0.1, 0.15) is 35.1 Å². The Morgan fingerprint density at radius 1 is 1.35 bits per heavy atom. The summed E-state index contributed by atoms with van der Waals surface area (Å²) in [5.41, 5.74) is 2.09. The van der Waals surface area contributed by atoms with E-state index in [0.717, 1.165) is 24.2 Å². The zero-order valence-electron chi connectivity index (χ0n) is 11.1. The van der Waals surface area contributed by atoms with Crippen LogP contribution in [0.15, 0.2) is 30.7 Å². The standard InChI is InChI=1S/C14H15ClN4O/c1-2-3-11-6-10(7-13(15)19-11)14(20)17-8-12-4-5-16-9-18-12/h4-7,9H,2-3,8H2,1H3,(H,17,20). The second-order valence-corrected chi connectivity index (χ2v) is 4.69. The number of nitrogens with one attached hydrogen (secondary N) is 1. The number of aryl methyl sites for hydroxylation is 1. The van der Waals surface area contributed by atoms with E-state index < -0.39 is 0 Å². The molecule has 1 amide bonds. The number of pyridine rings is 1. The normalized spacial score (nSPS) is 10.3. The highest BCUT2D eigenvalue weighted by molar-refractivity contribution is 6.29. The number of amides is 1. The minimum absolute atomic E-state index is 0.190. The average Bonchev–Trinajstić information content (AvgIpc) is 2.45. The minimum Gasteiger partial charge on any atom is -0.346 e. The number of halogens is 1. The predicted molar refractivity (Wildman–Crippen MR) is 76.4 cm³/mol. The first-order valence-electron chi connectivity index (χ1n) is 6.38. The summed E-state index contributed by atoms with van der Waals surface area (Å²) < 4.78 is 0. The van der Waals surface area contributed by atoms with Crippen LogP contribution in [0.3, 0.4) is 0 Å². The first-order valence-corrected chi connectivity index (χ1v) is 6.76. The fourth-order valence-electron chi connectivity index (χ4n) is 1.76. The molecule has 0 saturated heterocycles. The van der Waals surface area contributed by atoms with Crippen molar-refractivity contribution in [2.45, 2.75) is 26.3 Å². The first-order chi connectivity index (χ1) is 9.69. The molecule has 2 heterocycles. The van der Waals surface area contributed by atoms with E-state index in [2.05, 4.69) is 27.2 Å². The van der Waals surface area contributed by atoms with Crippen LogP contribution >= 0.6 is 11.6 Å². The molecule has 0 aliphatic heterocycles. The summed E-state index contributed by atoms with van der Waals surface area (Å²) in [5, 5.41) is 3.13. The number of hydrogen-bond acceptors (Lipinski definition) is 4. The van der Waals surface area contributed by atoms with Crippen LogP contribution < -0.4 is 5.32 Å². The molecule has 0 radical (unpaired) electrons. The molecule has 6 heteroatoms. The second kappa shape index (κ2) is 6.96. The topological polar surface area (TPSA) is 67.8 Å². The monoisotopic (exact) mass is 290 g/mol. The zero-order valence-corrected chi connectivity index (χ0v) is 11.9. The van der Waals surface area contributed by atoms with E-state index in [1.165, 1.54) is 6.33 Å². The summed E-state index contributed by atoms with van der Waals surface area (Å²) in [6.45, 7) is 2.40. The van der Waals surface area contributed by atoms with Gasteiger partial charge in [0, 0.05) is 17.5 Å². The van der Waals surface area contributed by atoms with Gasteiger partial charge < -0.3 is 5.32 Å². The number of carbonyl (C=O) groups is 1. The van der Waals surface area contributed by atoms with Crippen LogP contribution in [0.5, 0.6) is 0 Å². The van der Waals surface area contributed by atoms with E-state index in [1.54, 1.807) is 24.4 Å². The van der Waals surface area contributed by atoms with E-state index in [0.29, 0.717) is 17.3 Å². The Kier molecular flexibility index (Phi) is 5.01. The van der Waals surface area contributed by atoms with Crippen molar-refractivity contribution in [3.05, 3.63) is 52.8 Å². The highest BCUT2D eigenvalue weighted by Crippen LogP contribution is 2.12. The van der Waals surface area contributed by atoms with E-state index in [9.17, 15) is 4.79 Å². The number of carbonyl (C=O) groups excluding carboxylic acids is 1. The molecular weight excluding hydrogens is 276 g/mol. The van der Waals surface area contributed by atoms with Crippen LogP contribution in [-0.4, -0.2) is 20.9 Å². The molecule has 0 bridgehead atoms. The quantitative estimate of drug-likeness (QED) is 0.859. The molecule has 2 aromatic heterocycles. The minimum atomic E-state index is -0.190. The summed E-state index contributed by atoms with van der Waals surface area (Å²) in [7, 11) is 0. The van der Waals surface area contributed by atoms with Gasteiger partial charge in [-0.2, -0.15) is 0 Å².